The molecule has 0 heterocycles. The molecule has 20 heavy (non-hydrogen) atoms. The van der Waals surface area contributed by atoms with Crippen LogP contribution >= 0.6 is 0 Å². The fraction of sp³-hybridized carbons (Fsp3) is 0.562. The molecule has 1 rings (SSSR count). The number of unbranched alkanes of at least 4 members (excludes halogenated alkanes) is 2. The first-order valence-corrected chi connectivity index (χ1v) is 7.18. The van der Waals surface area contributed by atoms with Crippen LogP contribution in [0.1, 0.15) is 32.6 Å². The van der Waals surface area contributed by atoms with Crippen LogP contribution in [0.4, 0.5) is 0 Å². The quantitative estimate of drug-likeness (QED) is 0.652. The first-order valence-electron chi connectivity index (χ1n) is 7.18. The maximum Gasteiger partial charge on any atom is 0.222 e. The van der Waals surface area contributed by atoms with Crippen LogP contribution in [0.3, 0.4) is 0 Å². The van der Waals surface area contributed by atoms with Crippen LogP contribution in [-0.2, 0) is 4.79 Å². The van der Waals surface area contributed by atoms with Gasteiger partial charge < -0.3 is 14.4 Å². The smallest absolute Gasteiger partial charge is 0.222 e. The van der Waals surface area contributed by atoms with E-state index in [-0.39, 0.29) is 5.91 Å². The van der Waals surface area contributed by atoms with E-state index in [0.29, 0.717) is 19.6 Å². The lowest BCUT2D eigenvalue weighted by molar-refractivity contribution is -0.130. The zero-order chi connectivity index (χ0) is 14.8. The highest BCUT2D eigenvalue weighted by Gasteiger charge is 2.07. The Kier molecular flexibility index (Phi) is 7.55. The summed E-state index contributed by atoms with van der Waals surface area (Å²) in [4.78, 5) is 13.5. The number of amides is 1. The molecule has 0 unspecified atom stereocenters. The van der Waals surface area contributed by atoms with Crippen molar-refractivity contribution in [1.29, 1.82) is 0 Å². The molecule has 1 aromatic carbocycles. The Hall–Kier alpha value is -1.71. The van der Waals surface area contributed by atoms with Crippen molar-refractivity contribution in [2.45, 2.75) is 32.6 Å². The van der Waals surface area contributed by atoms with Gasteiger partial charge in [0.05, 0.1) is 13.7 Å². The van der Waals surface area contributed by atoms with Crippen LogP contribution in [0.5, 0.6) is 11.5 Å². The molecule has 0 aliphatic rings. The van der Waals surface area contributed by atoms with Crippen LogP contribution in [0.2, 0.25) is 0 Å². The molecule has 0 fully saturated rings. The highest BCUT2D eigenvalue weighted by Crippen LogP contribution is 2.16. The van der Waals surface area contributed by atoms with Crippen molar-refractivity contribution in [3.8, 4) is 11.5 Å². The van der Waals surface area contributed by atoms with Gasteiger partial charge in [-0.1, -0.05) is 19.8 Å². The Bertz CT molecular complexity index is 389. The minimum atomic E-state index is 0.191. The number of ether oxygens (including phenoxy) is 2. The summed E-state index contributed by atoms with van der Waals surface area (Å²) in [6.45, 7) is 3.25. The van der Waals surface area contributed by atoms with Gasteiger partial charge in [0.2, 0.25) is 5.91 Å². The number of hydrogen-bond donors (Lipinski definition) is 0. The predicted molar refractivity (Wildman–Crippen MR) is 80.3 cm³/mol. The monoisotopic (exact) mass is 279 g/mol. The number of rotatable bonds is 9. The van der Waals surface area contributed by atoms with E-state index < -0.39 is 0 Å². The topological polar surface area (TPSA) is 38.8 Å². The Morgan fingerprint density at radius 2 is 1.80 bits per heavy atom. The summed E-state index contributed by atoms with van der Waals surface area (Å²) in [5, 5.41) is 0. The second kappa shape index (κ2) is 9.23. The van der Waals surface area contributed by atoms with Crippen molar-refractivity contribution in [1.82, 2.24) is 4.90 Å². The summed E-state index contributed by atoms with van der Waals surface area (Å²) in [6.07, 6.45) is 3.85. The normalized spacial score (nSPS) is 10.2. The molecule has 1 aromatic rings. The van der Waals surface area contributed by atoms with Gasteiger partial charge in [-0.25, -0.2) is 0 Å². The van der Waals surface area contributed by atoms with E-state index in [2.05, 4.69) is 6.92 Å². The van der Waals surface area contributed by atoms with Crippen LogP contribution in [0.15, 0.2) is 24.3 Å². The first-order chi connectivity index (χ1) is 9.67. The van der Waals surface area contributed by atoms with E-state index >= 15 is 0 Å². The largest absolute Gasteiger partial charge is 0.497 e. The number of carbonyl (C=O) groups excluding carboxylic acids is 1. The van der Waals surface area contributed by atoms with Gasteiger partial charge in [-0.2, -0.15) is 0 Å². The highest BCUT2D eigenvalue weighted by molar-refractivity contribution is 5.75. The second-order valence-electron chi connectivity index (χ2n) is 4.80. The lowest BCUT2D eigenvalue weighted by Crippen LogP contribution is -2.30. The fourth-order valence-electron chi connectivity index (χ4n) is 1.81. The molecule has 0 N–H and O–H groups in total. The minimum Gasteiger partial charge on any atom is -0.497 e. The summed E-state index contributed by atoms with van der Waals surface area (Å²) >= 11 is 0. The van der Waals surface area contributed by atoms with Crippen LogP contribution in [0, 0.1) is 0 Å². The third-order valence-corrected chi connectivity index (χ3v) is 3.17. The molecule has 0 aromatic heterocycles. The van der Waals surface area contributed by atoms with Gasteiger partial charge in [0.15, 0.2) is 0 Å². The number of hydrogen-bond acceptors (Lipinski definition) is 3. The molecule has 0 spiro atoms. The maximum atomic E-state index is 11.8. The Labute approximate surface area is 121 Å². The zero-order valence-electron chi connectivity index (χ0n) is 12.7. The number of methoxy groups -OCH3 is 1. The molecule has 0 bridgehead atoms. The molecular weight excluding hydrogens is 254 g/mol. The van der Waals surface area contributed by atoms with Crippen LogP contribution in [0.25, 0.3) is 0 Å². The van der Waals surface area contributed by atoms with Gasteiger partial charge in [-0.05, 0) is 30.7 Å². The van der Waals surface area contributed by atoms with Crippen molar-refractivity contribution in [2.75, 3.05) is 27.3 Å². The molecule has 0 radical (unpaired) electrons. The van der Waals surface area contributed by atoms with Gasteiger partial charge in [0, 0.05) is 13.5 Å². The molecule has 0 saturated heterocycles. The molecule has 4 heteroatoms. The van der Waals surface area contributed by atoms with Crippen molar-refractivity contribution < 1.29 is 14.3 Å². The van der Waals surface area contributed by atoms with Gasteiger partial charge in [-0.3, -0.25) is 4.79 Å². The standard InChI is InChI=1S/C16H25NO3/c1-4-5-6-7-16(18)17(2)12-13-20-15-10-8-14(19-3)9-11-15/h8-11H,4-7,12-13H2,1-3H3. The average molecular weight is 279 g/mol. The van der Waals surface area contributed by atoms with Crippen LogP contribution in [-0.4, -0.2) is 38.1 Å². The molecule has 0 saturated carbocycles. The van der Waals surface area contributed by atoms with Gasteiger partial charge in [-0.15, -0.1) is 0 Å². The van der Waals surface area contributed by atoms with E-state index in [0.717, 1.165) is 30.8 Å². The third kappa shape index (κ3) is 5.95. The van der Waals surface area contributed by atoms with E-state index in [4.69, 9.17) is 9.47 Å². The Morgan fingerprint density at radius 3 is 2.40 bits per heavy atom. The summed E-state index contributed by atoms with van der Waals surface area (Å²) in [6, 6.07) is 7.44. The van der Waals surface area contributed by atoms with Gasteiger partial charge in [0.25, 0.3) is 0 Å². The van der Waals surface area contributed by atoms with E-state index in [1.54, 1.807) is 12.0 Å². The molecule has 1 amide bonds. The molecule has 0 atom stereocenters. The van der Waals surface area contributed by atoms with Crippen molar-refractivity contribution >= 4 is 5.91 Å². The highest BCUT2D eigenvalue weighted by atomic mass is 16.5. The number of carbonyl (C=O) groups is 1. The Morgan fingerprint density at radius 1 is 1.15 bits per heavy atom. The third-order valence-electron chi connectivity index (χ3n) is 3.17. The maximum absolute atomic E-state index is 11.8. The summed E-state index contributed by atoms with van der Waals surface area (Å²) in [5.74, 6) is 1.79. The zero-order valence-corrected chi connectivity index (χ0v) is 12.7. The van der Waals surface area contributed by atoms with E-state index in [9.17, 15) is 4.79 Å². The minimum absolute atomic E-state index is 0.191. The molecule has 4 nitrogen and oxygen atoms in total. The Balaban J connectivity index is 2.23. The summed E-state index contributed by atoms with van der Waals surface area (Å²) in [7, 11) is 3.46. The van der Waals surface area contributed by atoms with Crippen LogP contribution < -0.4 is 9.47 Å². The number of nitrogens with zero attached hydrogens (tertiary/aromatic N) is 1. The number of likely N-dealkylation sites (N-methyl/N-ethyl adjacent to an activating group) is 1. The second-order valence-corrected chi connectivity index (χ2v) is 4.80. The molecule has 0 aliphatic heterocycles. The fourth-order valence-corrected chi connectivity index (χ4v) is 1.81. The van der Waals surface area contributed by atoms with Crippen molar-refractivity contribution in [3.05, 3.63) is 24.3 Å². The van der Waals surface area contributed by atoms with Crippen molar-refractivity contribution in [3.63, 3.8) is 0 Å². The molecular formula is C16H25NO3. The average Bonchev–Trinajstić information content (AvgIpc) is 2.48. The lowest BCUT2D eigenvalue weighted by atomic mass is 10.2. The summed E-state index contributed by atoms with van der Waals surface area (Å²) in [5.41, 5.74) is 0. The number of benzene rings is 1. The molecule has 0 aliphatic carbocycles. The predicted octanol–water partition coefficient (Wildman–Crippen LogP) is 3.11. The SMILES string of the molecule is CCCCCC(=O)N(C)CCOc1ccc(OC)cc1. The van der Waals surface area contributed by atoms with E-state index in [1.807, 2.05) is 31.3 Å². The molecule has 112 valence electrons. The first kappa shape index (κ1) is 16.3. The summed E-state index contributed by atoms with van der Waals surface area (Å²) < 4.78 is 10.7. The van der Waals surface area contributed by atoms with Gasteiger partial charge in [0.1, 0.15) is 18.1 Å². The lowest BCUT2D eigenvalue weighted by Gasteiger charge is -2.17. The van der Waals surface area contributed by atoms with Crippen molar-refractivity contribution in [2.24, 2.45) is 0 Å². The van der Waals surface area contributed by atoms with E-state index in [1.165, 1.54) is 0 Å². The van der Waals surface area contributed by atoms with Gasteiger partial charge >= 0.3 is 0 Å².